The van der Waals surface area contributed by atoms with Gasteiger partial charge in [-0.15, -0.1) is 0 Å². The van der Waals surface area contributed by atoms with Gasteiger partial charge in [0, 0.05) is 20.0 Å². The summed E-state index contributed by atoms with van der Waals surface area (Å²) in [5, 5.41) is 2.88. The number of methoxy groups -OCH3 is 2. The molecule has 0 aliphatic rings. The minimum atomic E-state index is -0.309. The molecule has 0 unspecified atom stereocenters. The summed E-state index contributed by atoms with van der Waals surface area (Å²) in [7, 11) is 3.02. The van der Waals surface area contributed by atoms with Crippen molar-refractivity contribution in [3.63, 3.8) is 0 Å². The molecule has 6 nitrogen and oxygen atoms in total. The van der Waals surface area contributed by atoms with Crippen molar-refractivity contribution >= 4 is 17.5 Å². The normalized spacial score (nSPS) is 10.6. The third-order valence-corrected chi connectivity index (χ3v) is 4.82. The van der Waals surface area contributed by atoms with Gasteiger partial charge in [0.15, 0.2) is 0 Å². The molecule has 2 rings (SSSR count). The van der Waals surface area contributed by atoms with Gasteiger partial charge in [0.05, 0.1) is 19.9 Å². The van der Waals surface area contributed by atoms with Crippen LogP contribution in [0.2, 0.25) is 0 Å². The predicted octanol–water partition coefficient (Wildman–Crippen LogP) is 3.92. The maximum absolute atomic E-state index is 12.8. The Hall–Kier alpha value is -3.02. The second-order valence-electron chi connectivity index (χ2n) is 7.13. The Balaban J connectivity index is 2.21. The zero-order valence-corrected chi connectivity index (χ0v) is 18.0. The summed E-state index contributed by atoms with van der Waals surface area (Å²) in [6, 6.07) is 11.2. The van der Waals surface area contributed by atoms with Crippen LogP contribution in [0.25, 0.3) is 0 Å². The summed E-state index contributed by atoms with van der Waals surface area (Å²) in [6.45, 7) is 8.41. The van der Waals surface area contributed by atoms with Gasteiger partial charge in [0.2, 0.25) is 5.91 Å². The highest BCUT2D eigenvalue weighted by atomic mass is 16.5. The zero-order chi connectivity index (χ0) is 21.6. The number of nitrogens with zero attached hydrogens (tertiary/aromatic N) is 1. The van der Waals surface area contributed by atoms with Gasteiger partial charge in [-0.1, -0.05) is 38.1 Å². The highest BCUT2D eigenvalue weighted by Crippen LogP contribution is 2.31. The Kier molecular flexibility index (Phi) is 7.65. The topological polar surface area (TPSA) is 67.9 Å². The maximum Gasteiger partial charge on any atom is 0.258 e. The van der Waals surface area contributed by atoms with E-state index < -0.39 is 0 Å². The van der Waals surface area contributed by atoms with Crippen LogP contribution in [-0.4, -0.2) is 39.1 Å². The zero-order valence-electron chi connectivity index (χ0n) is 18.0. The van der Waals surface area contributed by atoms with Crippen molar-refractivity contribution in [2.45, 2.75) is 33.6 Å². The second-order valence-corrected chi connectivity index (χ2v) is 7.13. The van der Waals surface area contributed by atoms with Crippen LogP contribution in [0.4, 0.5) is 5.69 Å². The Morgan fingerprint density at radius 3 is 2.14 bits per heavy atom. The van der Waals surface area contributed by atoms with Gasteiger partial charge < -0.3 is 19.7 Å². The first-order valence-corrected chi connectivity index (χ1v) is 9.68. The molecular weight excluding hydrogens is 368 g/mol. The molecule has 0 saturated carbocycles. The number of para-hydroxylation sites is 1. The summed E-state index contributed by atoms with van der Waals surface area (Å²) >= 11 is 0. The Morgan fingerprint density at radius 1 is 1.03 bits per heavy atom. The molecule has 0 radical (unpaired) electrons. The number of rotatable bonds is 8. The van der Waals surface area contributed by atoms with E-state index in [0.717, 1.165) is 16.8 Å². The van der Waals surface area contributed by atoms with Crippen molar-refractivity contribution in [1.82, 2.24) is 5.32 Å². The van der Waals surface area contributed by atoms with Crippen molar-refractivity contribution in [3.8, 4) is 11.5 Å². The molecule has 0 fully saturated rings. The van der Waals surface area contributed by atoms with Crippen LogP contribution in [0.3, 0.4) is 0 Å². The van der Waals surface area contributed by atoms with E-state index in [1.807, 2.05) is 25.1 Å². The van der Waals surface area contributed by atoms with Crippen molar-refractivity contribution in [1.29, 1.82) is 0 Å². The number of hydrogen-bond acceptors (Lipinski definition) is 4. The van der Waals surface area contributed by atoms with E-state index in [2.05, 4.69) is 19.2 Å². The summed E-state index contributed by atoms with van der Waals surface area (Å²) in [5.41, 5.74) is 3.40. The van der Waals surface area contributed by atoms with E-state index in [1.165, 1.54) is 14.2 Å². The number of benzene rings is 2. The Labute approximate surface area is 172 Å². The molecular formula is C23H30N2O4. The molecule has 2 amide bonds. The third kappa shape index (κ3) is 5.08. The van der Waals surface area contributed by atoms with Crippen LogP contribution in [-0.2, 0) is 4.79 Å². The van der Waals surface area contributed by atoms with Gasteiger partial charge in [-0.05, 0) is 36.1 Å². The molecule has 6 heteroatoms. The molecule has 29 heavy (non-hydrogen) atoms. The number of aryl methyl sites for hydroxylation is 1. The number of anilines is 1. The van der Waals surface area contributed by atoms with Crippen LogP contribution >= 0.6 is 0 Å². The molecule has 2 aromatic carbocycles. The van der Waals surface area contributed by atoms with E-state index >= 15 is 0 Å². The standard InChI is InChI=1S/C23H30N2O4/c1-15(2)18-10-7-9-16(3)22(18)25(17(4)26)14-13-24-23(27)21-19(28-5)11-8-12-20(21)29-6/h7-12,15H,13-14H2,1-6H3,(H,24,27). The van der Waals surface area contributed by atoms with Gasteiger partial charge in [0.25, 0.3) is 5.91 Å². The molecule has 0 aliphatic carbocycles. The summed E-state index contributed by atoms with van der Waals surface area (Å²) in [4.78, 5) is 26.9. The highest BCUT2D eigenvalue weighted by Gasteiger charge is 2.21. The summed E-state index contributed by atoms with van der Waals surface area (Å²) < 4.78 is 10.6. The predicted molar refractivity (Wildman–Crippen MR) is 115 cm³/mol. The number of amides is 2. The van der Waals surface area contributed by atoms with E-state index in [9.17, 15) is 9.59 Å². The fraction of sp³-hybridized carbons (Fsp3) is 0.391. The molecule has 0 aliphatic heterocycles. The first-order chi connectivity index (χ1) is 13.8. The average molecular weight is 399 g/mol. The first-order valence-electron chi connectivity index (χ1n) is 9.68. The smallest absolute Gasteiger partial charge is 0.258 e. The van der Waals surface area contributed by atoms with E-state index in [4.69, 9.17) is 9.47 Å². The van der Waals surface area contributed by atoms with Crippen LogP contribution in [0.1, 0.15) is 48.2 Å². The van der Waals surface area contributed by atoms with Gasteiger partial charge in [-0.25, -0.2) is 0 Å². The Morgan fingerprint density at radius 2 is 1.62 bits per heavy atom. The largest absolute Gasteiger partial charge is 0.496 e. The molecule has 0 spiro atoms. The molecule has 0 aromatic heterocycles. The fourth-order valence-corrected chi connectivity index (χ4v) is 3.39. The first kappa shape index (κ1) is 22.3. The van der Waals surface area contributed by atoms with Crippen molar-refractivity contribution in [2.75, 3.05) is 32.2 Å². The minimum Gasteiger partial charge on any atom is -0.496 e. The van der Waals surface area contributed by atoms with Crippen LogP contribution < -0.4 is 19.7 Å². The molecule has 0 bridgehead atoms. The van der Waals surface area contributed by atoms with Gasteiger partial charge in [0.1, 0.15) is 17.1 Å². The van der Waals surface area contributed by atoms with Crippen LogP contribution in [0, 0.1) is 6.92 Å². The monoisotopic (exact) mass is 398 g/mol. The highest BCUT2D eigenvalue weighted by molar-refractivity contribution is 6.00. The number of carbonyl (C=O) groups is 2. The maximum atomic E-state index is 12.8. The van der Waals surface area contributed by atoms with E-state index in [0.29, 0.717) is 30.2 Å². The molecule has 1 N–H and O–H groups in total. The lowest BCUT2D eigenvalue weighted by Gasteiger charge is -2.27. The molecule has 0 heterocycles. The SMILES string of the molecule is COc1cccc(OC)c1C(=O)NCCN(C(C)=O)c1c(C)cccc1C(C)C. The lowest BCUT2D eigenvalue weighted by Crippen LogP contribution is -2.38. The number of carbonyl (C=O) groups excluding carboxylic acids is 2. The van der Waals surface area contributed by atoms with E-state index in [-0.39, 0.29) is 17.7 Å². The van der Waals surface area contributed by atoms with Crippen LogP contribution in [0.5, 0.6) is 11.5 Å². The third-order valence-electron chi connectivity index (χ3n) is 4.82. The average Bonchev–Trinajstić information content (AvgIpc) is 2.70. The van der Waals surface area contributed by atoms with Crippen LogP contribution in [0.15, 0.2) is 36.4 Å². The quantitative estimate of drug-likeness (QED) is 0.732. The molecule has 2 aromatic rings. The summed E-state index contributed by atoms with van der Waals surface area (Å²) in [6.07, 6.45) is 0. The number of nitrogens with one attached hydrogen (secondary N) is 1. The van der Waals surface area contributed by atoms with E-state index in [1.54, 1.807) is 30.0 Å². The Bertz CT molecular complexity index is 855. The lowest BCUT2D eigenvalue weighted by molar-refractivity contribution is -0.116. The number of ether oxygens (including phenoxy) is 2. The minimum absolute atomic E-state index is 0.0645. The molecule has 156 valence electrons. The van der Waals surface area contributed by atoms with Gasteiger partial charge in [-0.3, -0.25) is 9.59 Å². The van der Waals surface area contributed by atoms with Crippen molar-refractivity contribution in [2.24, 2.45) is 0 Å². The van der Waals surface area contributed by atoms with Gasteiger partial charge in [-0.2, -0.15) is 0 Å². The lowest BCUT2D eigenvalue weighted by atomic mass is 9.97. The second kappa shape index (κ2) is 9.96. The summed E-state index contributed by atoms with van der Waals surface area (Å²) in [5.74, 6) is 0.777. The molecule has 0 atom stereocenters. The van der Waals surface area contributed by atoms with Crippen molar-refractivity contribution < 1.29 is 19.1 Å². The van der Waals surface area contributed by atoms with Crippen molar-refractivity contribution in [3.05, 3.63) is 53.1 Å². The van der Waals surface area contributed by atoms with Gasteiger partial charge >= 0.3 is 0 Å². The fourth-order valence-electron chi connectivity index (χ4n) is 3.39. The molecule has 0 saturated heterocycles. The number of hydrogen-bond donors (Lipinski definition) is 1.